The van der Waals surface area contributed by atoms with Gasteiger partial charge in [-0.05, 0) is 25.8 Å². The first-order valence-corrected chi connectivity index (χ1v) is 8.94. The molecule has 2 fully saturated rings. The zero-order chi connectivity index (χ0) is 16.8. The van der Waals surface area contributed by atoms with Gasteiger partial charge >= 0.3 is 0 Å². The molecule has 1 atom stereocenters. The Morgan fingerprint density at radius 3 is 3.12 bits per heavy atom. The summed E-state index contributed by atoms with van der Waals surface area (Å²) >= 11 is 5.81. The average molecular weight is 353 g/mol. The summed E-state index contributed by atoms with van der Waals surface area (Å²) in [5.41, 5.74) is 0.333. The van der Waals surface area contributed by atoms with Crippen molar-refractivity contribution in [1.82, 2.24) is 15.2 Å². The van der Waals surface area contributed by atoms with Gasteiger partial charge in [0.05, 0.1) is 18.2 Å². The molecule has 2 aliphatic heterocycles. The lowest BCUT2D eigenvalue weighted by molar-refractivity contribution is 0.156. The van der Waals surface area contributed by atoms with Crippen molar-refractivity contribution >= 4 is 17.6 Å². The van der Waals surface area contributed by atoms with E-state index in [1.54, 1.807) is 18.3 Å². The summed E-state index contributed by atoms with van der Waals surface area (Å²) < 4.78 is 11.2. The first-order valence-electron chi connectivity index (χ1n) is 8.56. The molecule has 1 spiro atoms. The van der Waals surface area contributed by atoms with Crippen LogP contribution in [0.25, 0.3) is 0 Å². The number of pyridine rings is 1. The maximum atomic E-state index is 5.81. The number of likely N-dealkylation sites (tertiary alicyclic amines) is 1. The molecule has 1 aromatic heterocycles. The highest BCUT2D eigenvalue weighted by atomic mass is 35.5. The zero-order valence-electron chi connectivity index (χ0n) is 14.1. The molecule has 0 radical (unpaired) electrons. The van der Waals surface area contributed by atoms with Crippen molar-refractivity contribution in [2.24, 2.45) is 10.4 Å². The van der Waals surface area contributed by atoms with Crippen molar-refractivity contribution in [2.45, 2.75) is 19.8 Å². The Kier molecular flexibility index (Phi) is 5.79. The summed E-state index contributed by atoms with van der Waals surface area (Å²) in [6.45, 7) is 7.87. The van der Waals surface area contributed by atoms with Crippen LogP contribution < -0.4 is 10.1 Å². The average Bonchev–Trinajstić information content (AvgIpc) is 3.22. The standard InChI is InChI=1S/C17H25ClN4O2/c1-2-19-16(22-8-5-17(12-22)6-9-23-13-17)20-7-10-24-15-4-3-14(18)11-21-15/h3-4,11H,2,5-10,12-13H2,1H3,(H,19,20). The normalized spacial score (nSPS) is 23.9. The molecular weight excluding hydrogens is 328 g/mol. The number of aromatic nitrogens is 1. The molecule has 3 rings (SSSR count). The fourth-order valence-electron chi connectivity index (χ4n) is 3.26. The monoisotopic (exact) mass is 352 g/mol. The summed E-state index contributed by atoms with van der Waals surface area (Å²) in [5, 5.41) is 3.99. The van der Waals surface area contributed by atoms with Crippen molar-refractivity contribution in [3.63, 3.8) is 0 Å². The van der Waals surface area contributed by atoms with E-state index >= 15 is 0 Å². The predicted octanol–water partition coefficient (Wildman–Crippen LogP) is 2.19. The Hall–Kier alpha value is -1.53. The minimum atomic E-state index is 0.333. The van der Waals surface area contributed by atoms with Gasteiger partial charge in [-0.2, -0.15) is 0 Å². The second-order valence-corrected chi connectivity index (χ2v) is 6.81. The Balaban J connectivity index is 1.51. The summed E-state index contributed by atoms with van der Waals surface area (Å²) in [4.78, 5) is 11.2. The van der Waals surface area contributed by atoms with E-state index in [4.69, 9.17) is 26.1 Å². The van der Waals surface area contributed by atoms with E-state index in [2.05, 4.69) is 22.1 Å². The van der Waals surface area contributed by atoms with E-state index in [1.807, 2.05) is 0 Å². The molecule has 0 saturated carbocycles. The molecule has 0 amide bonds. The molecular formula is C17H25ClN4O2. The Morgan fingerprint density at radius 1 is 1.50 bits per heavy atom. The summed E-state index contributed by atoms with van der Waals surface area (Å²) in [7, 11) is 0. The number of hydrogen-bond donors (Lipinski definition) is 1. The van der Waals surface area contributed by atoms with Crippen LogP contribution in [0, 0.1) is 5.41 Å². The lowest BCUT2D eigenvalue weighted by atomic mass is 9.87. The highest BCUT2D eigenvalue weighted by Gasteiger charge is 2.42. The number of ether oxygens (including phenoxy) is 2. The van der Waals surface area contributed by atoms with E-state index in [-0.39, 0.29) is 0 Å². The lowest BCUT2D eigenvalue weighted by Gasteiger charge is -2.24. The summed E-state index contributed by atoms with van der Waals surface area (Å²) in [5.74, 6) is 1.54. The van der Waals surface area contributed by atoms with Gasteiger partial charge in [-0.15, -0.1) is 0 Å². The minimum Gasteiger partial charge on any atom is -0.476 e. The minimum absolute atomic E-state index is 0.333. The quantitative estimate of drug-likeness (QED) is 0.500. The van der Waals surface area contributed by atoms with Gasteiger partial charge in [0.25, 0.3) is 0 Å². The van der Waals surface area contributed by atoms with Crippen LogP contribution in [0.15, 0.2) is 23.3 Å². The van der Waals surface area contributed by atoms with Crippen LogP contribution in [0.1, 0.15) is 19.8 Å². The van der Waals surface area contributed by atoms with Gasteiger partial charge in [0.1, 0.15) is 6.61 Å². The molecule has 1 N–H and O–H groups in total. The fraction of sp³-hybridized carbons (Fsp3) is 0.647. The van der Waals surface area contributed by atoms with E-state index in [1.165, 1.54) is 6.42 Å². The Labute approximate surface area is 148 Å². The highest BCUT2D eigenvalue weighted by molar-refractivity contribution is 6.30. The predicted molar refractivity (Wildman–Crippen MR) is 94.8 cm³/mol. The molecule has 6 nitrogen and oxygen atoms in total. The fourth-order valence-corrected chi connectivity index (χ4v) is 3.37. The molecule has 1 aromatic rings. The Morgan fingerprint density at radius 2 is 2.42 bits per heavy atom. The van der Waals surface area contributed by atoms with Crippen molar-refractivity contribution < 1.29 is 9.47 Å². The van der Waals surface area contributed by atoms with E-state index in [0.717, 1.165) is 45.2 Å². The van der Waals surface area contributed by atoms with E-state index in [0.29, 0.717) is 29.5 Å². The van der Waals surface area contributed by atoms with Crippen molar-refractivity contribution in [2.75, 3.05) is 46.0 Å². The third kappa shape index (κ3) is 4.30. The van der Waals surface area contributed by atoms with Crippen LogP contribution in [0.2, 0.25) is 5.02 Å². The van der Waals surface area contributed by atoms with Gasteiger partial charge in [0.15, 0.2) is 5.96 Å². The smallest absolute Gasteiger partial charge is 0.213 e. The summed E-state index contributed by atoms with van der Waals surface area (Å²) in [6, 6.07) is 3.53. The molecule has 1 unspecified atom stereocenters. The van der Waals surface area contributed by atoms with Gasteiger partial charge in [-0.25, -0.2) is 9.98 Å². The van der Waals surface area contributed by atoms with Gasteiger partial charge in [0, 0.05) is 43.9 Å². The van der Waals surface area contributed by atoms with Crippen LogP contribution in [0.4, 0.5) is 0 Å². The number of nitrogens with zero attached hydrogens (tertiary/aromatic N) is 3. The molecule has 0 aromatic carbocycles. The largest absolute Gasteiger partial charge is 0.476 e. The van der Waals surface area contributed by atoms with Crippen LogP contribution in [-0.2, 0) is 4.74 Å². The molecule has 7 heteroatoms. The second kappa shape index (κ2) is 8.03. The van der Waals surface area contributed by atoms with Crippen molar-refractivity contribution in [1.29, 1.82) is 0 Å². The number of rotatable bonds is 5. The van der Waals surface area contributed by atoms with E-state index in [9.17, 15) is 0 Å². The van der Waals surface area contributed by atoms with Gasteiger partial charge < -0.3 is 19.7 Å². The van der Waals surface area contributed by atoms with Crippen LogP contribution in [0.5, 0.6) is 5.88 Å². The van der Waals surface area contributed by atoms with Crippen LogP contribution >= 0.6 is 11.6 Å². The number of nitrogens with one attached hydrogen (secondary N) is 1. The lowest BCUT2D eigenvalue weighted by Crippen LogP contribution is -2.41. The number of halogens is 1. The molecule has 0 aliphatic carbocycles. The number of aliphatic imine (C=N–C) groups is 1. The molecule has 132 valence electrons. The van der Waals surface area contributed by atoms with Crippen LogP contribution in [0.3, 0.4) is 0 Å². The van der Waals surface area contributed by atoms with Gasteiger partial charge in [-0.1, -0.05) is 11.6 Å². The topological polar surface area (TPSA) is 59.0 Å². The molecule has 2 aliphatic rings. The van der Waals surface area contributed by atoms with Gasteiger partial charge in [-0.3, -0.25) is 0 Å². The van der Waals surface area contributed by atoms with E-state index < -0.39 is 0 Å². The first-order chi connectivity index (χ1) is 11.7. The highest BCUT2D eigenvalue weighted by Crippen LogP contribution is 2.38. The van der Waals surface area contributed by atoms with Crippen molar-refractivity contribution in [3.05, 3.63) is 23.4 Å². The number of hydrogen-bond acceptors (Lipinski definition) is 4. The maximum Gasteiger partial charge on any atom is 0.213 e. The third-order valence-electron chi connectivity index (χ3n) is 4.56. The molecule has 3 heterocycles. The zero-order valence-corrected chi connectivity index (χ0v) is 14.9. The molecule has 0 bridgehead atoms. The Bertz CT molecular complexity index is 558. The number of guanidine groups is 1. The second-order valence-electron chi connectivity index (χ2n) is 6.37. The SMILES string of the molecule is CCNC(=NCCOc1ccc(Cl)cn1)N1CCC2(CCOC2)C1. The van der Waals surface area contributed by atoms with Crippen molar-refractivity contribution in [3.8, 4) is 5.88 Å². The van der Waals surface area contributed by atoms with Crippen LogP contribution in [-0.4, -0.2) is 61.8 Å². The molecule has 24 heavy (non-hydrogen) atoms. The summed E-state index contributed by atoms with van der Waals surface area (Å²) in [6.07, 6.45) is 3.93. The first kappa shape index (κ1) is 17.3. The maximum absolute atomic E-state index is 5.81. The third-order valence-corrected chi connectivity index (χ3v) is 4.78. The van der Waals surface area contributed by atoms with Gasteiger partial charge in [0.2, 0.25) is 5.88 Å². The molecule has 2 saturated heterocycles.